The van der Waals surface area contributed by atoms with Gasteiger partial charge >= 0.3 is 0 Å². The maximum Gasteiger partial charge on any atom is 0.125 e. The molecule has 0 saturated heterocycles. The standard InChI is InChI=1S/C18H23NO.ClH/c1-3-16(19)13-18(15-10-5-4-6-11-15)20-17-12-8-7-9-14(17)2;/h4-12,16,18H,3,13,19H2,1-2H3;1H. The van der Waals surface area contributed by atoms with E-state index in [0.29, 0.717) is 0 Å². The highest BCUT2D eigenvalue weighted by atomic mass is 35.5. The van der Waals surface area contributed by atoms with Crippen LogP contribution in [0.1, 0.15) is 37.0 Å². The molecule has 0 amide bonds. The van der Waals surface area contributed by atoms with Gasteiger partial charge < -0.3 is 10.5 Å². The Morgan fingerprint density at radius 2 is 1.62 bits per heavy atom. The van der Waals surface area contributed by atoms with Gasteiger partial charge in [-0.25, -0.2) is 0 Å². The molecule has 0 heterocycles. The van der Waals surface area contributed by atoms with Crippen molar-refractivity contribution in [3.05, 3.63) is 65.7 Å². The lowest BCUT2D eigenvalue weighted by Gasteiger charge is -2.23. The molecule has 0 radical (unpaired) electrons. The first kappa shape index (κ1) is 17.5. The van der Waals surface area contributed by atoms with Crippen LogP contribution in [-0.2, 0) is 0 Å². The van der Waals surface area contributed by atoms with Gasteiger partial charge in [-0.1, -0.05) is 55.5 Å². The number of aryl methyl sites for hydroxylation is 1. The van der Waals surface area contributed by atoms with Crippen LogP contribution in [0.2, 0.25) is 0 Å². The van der Waals surface area contributed by atoms with E-state index >= 15 is 0 Å². The first-order valence-corrected chi connectivity index (χ1v) is 7.23. The summed E-state index contributed by atoms with van der Waals surface area (Å²) in [6.45, 7) is 4.18. The Hall–Kier alpha value is -1.51. The van der Waals surface area contributed by atoms with E-state index in [0.717, 1.165) is 24.2 Å². The summed E-state index contributed by atoms with van der Waals surface area (Å²) in [7, 11) is 0. The molecule has 2 rings (SSSR count). The molecule has 0 saturated carbocycles. The van der Waals surface area contributed by atoms with Gasteiger partial charge in [0.2, 0.25) is 0 Å². The van der Waals surface area contributed by atoms with Crippen LogP contribution in [0.3, 0.4) is 0 Å². The summed E-state index contributed by atoms with van der Waals surface area (Å²) < 4.78 is 6.22. The van der Waals surface area contributed by atoms with Crippen molar-refractivity contribution in [1.29, 1.82) is 0 Å². The molecular formula is C18H24ClNO. The largest absolute Gasteiger partial charge is 0.485 e. The number of nitrogens with two attached hydrogens (primary N) is 1. The summed E-state index contributed by atoms with van der Waals surface area (Å²) in [5, 5.41) is 0. The minimum absolute atomic E-state index is 0. The molecule has 2 aromatic rings. The Bertz CT molecular complexity index is 530. The van der Waals surface area contributed by atoms with Gasteiger partial charge in [0.05, 0.1) is 0 Å². The molecule has 114 valence electrons. The zero-order valence-corrected chi connectivity index (χ0v) is 13.5. The Kier molecular flexibility index (Phi) is 7.27. The molecule has 3 heteroatoms. The topological polar surface area (TPSA) is 35.2 Å². The van der Waals surface area contributed by atoms with Gasteiger partial charge in [-0.3, -0.25) is 0 Å². The third-order valence-electron chi connectivity index (χ3n) is 3.58. The molecule has 21 heavy (non-hydrogen) atoms. The van der Waals surface area contributed by atoms with Crippen LogP contribution in [0.4, 0.5) is 0 Å². The highest BCUT2D eigenvalue weighted by Crippen LogP contribution is 2.28. The SMILES string of the molecule is CCC(N)CC(Oc1ccccc1C)c1ccccc1.Cl. The van der Waals surface area contributed by atoms with Gasteiger partial charge in [-0.05, 0) is 30.5 Å². The summed E-state index contributed by atoms with van der Waals surface area (Å²) in [5.74, 6) is 0.935. The number of benzene rings is 2. The zero-order valence-electron chi connectivity index (χ0n) is 12.7. The van der Waals surface area contributed by atoms with Crippen LogP contribution in [0, 0.1) is 6.92 Å². The van der Waals surface area contributed by atoms with Gasteiger partial charge in [-0.2, -0.15) is 0 Å². The van der Waals surface area contributed by atoms with Gasteiger partial charge in [-0.15, -0.1) is 12.4 Å². The van der Waals surface area contributed by atoms with Crippen molar-refractivity contribution in [1.82, 2.24) is 0 Å². The van der Waals surface area contributed by atoms with Gasteiger partial charge in [0.15, 0.2) is 0 Å². The number of para-hydroxylation sites is 1. The number of hydrogen-bond acceptors (Lipinski definition) is 2. The normalized spacial score (nSPS) is 13.1. The summed E-state index contributed by atoms with van der Waals surface area (Å²) in [5.41, 5.74) is 8.45. The maximum absolute atomic E-state index is 6.22. The van der Waals surface area contributed by atoms with Gasteiger partial charge in [0, 0.05) is 12.5 Å². The summed E-state index contributed by atoms with van der Waals surface area (Å²) >= 11 is 0. The second kappa shape index (κ2) is 8.71. The van der Waals surface area contributed by atoms with Crippen molar-refractivity contribution in [3.63, 3.8) is 0 Å². The average molecular weight is 306 g/mol. The summed E-state index contributed by atoms with van der Waals surface area (Å²) in [4.78, 5) is 0. The molecule has 0 fully saturated rings. The predicted octanol–water partition coefficient (Wildman–Crippen LogP) is 4.66. The van der Waals surface area contributed by atoms with Crippen molar-refractivity contribution in [3.8, 4) is 5.75 Å². The van der Waals surface area contributed by atoms with E-state index in [-0.39, 0.29) is 24.6 Å². The second-order valence-electron chi connectivity index (χ2n) is 5.19. The zero-order chi connectivity index (χ0) is 14.4. The fraction of sp³-hybridized carbons (Fsp3) is 0.333. The lowest BCUT2D eigenvalue weighted by Crippen LogP contribution is -2.24. The van der Waals surface area contributed by atoms with E-state index in [2.05, 4.69) is 32.0 Å². The Morgan fingerprint density at radius 3 is 2.24 bits per heavy atom. The molecule has 2 atom stereocenters. The van der Waals surface area contributed by atoms with Crippen LogP contribution >= 0.6 is 12.4 Å². The highest BCUT2D eigenvalue weighted by molar-refractivity contribution is 5.85. The van der Waals surface area contributed by atoms with Crippen LogP contribution in [0.15, 0.2) is 54.6 Å². The Labute approximate surface area is 133 Å². The first-order chi connectivity index (χ1) is 9.70. The van der Waals surface area contributed by atoms with Crippen LogP contribution < -0.4 is 10.5 Å². The second-order valence-corrected chi connectivity index (χ2v) is 5.19. The Morgan fingerprint density at radius 1 is 1.00 bits per heavy atom. The molecular weight excluding hydrogens is 282 g/mol. The molecule has 0 aliphatic carbocycles. The van der Waals surface area contributed by atoms with E-state index in [1.54, 1.807) is 0 Å². The van der Waals surface area contributed by atoms with Crippen LogP contribution in [-0.4, -0.2) is 6.04 Å². The molecule has 2 N–H and O–H groups in total. The highest BCUT2D eigenvalue weighted by Gasteiger charge is 2.17. The number of halogens is 1. The molecule has 0 aromatic heterocycles. The van der Waals surface area contributed by atoms with Crippen molar-refractivity contribution in [2.24, 2.45) is 5.73 Å². The number of hydrogen-bond donors (Lipinski definition) is 1. The van der Waals surface area contributed by atoms with Crippen molar-refractivity contribution in [2.75, 3.05) is 0 Å². The van der Waals surface area contributed by atoms with Crippen LogP contribution in [0.5, 0.6) is 5.75 Å². The van der Waals surface area contributed by atoms with Crippen molar-refractivity contribution < 1.29 is 4.74 Å². The fourth-order valence-corrected chi connectivity index (χ4v) is 2.20. The molecule has 0 aliphatic heterocycles. The summed E-state index contributed by atoms with van der Waals surface area (Å²) in [6.07, 6.45) is 1.79. The average Bonchev–Trinajstić information content (AvgIpc) is 2.49. The van der Waals surface area contributed by atoms with Gasteiger partial charge in [0.25, 0.3) is 0 Å². The van der Waals surface area contributed by atoms with Crippen molar-refractivity contribution >= 4 is 12.4 Å². The van der Waals surface area contributed by atoms with Gasteiger partial charge in [0.1, 0.15) is 11.9 Å². The minimum atomic E-state index is 0. The van der Waals surface area contributed by atoms with E-state index in [1.165, 1.54) is 5.56 Å². The van der Waals surface area contributed by atoms with E-state index in [9.17, 15) is 0 Å². The smallest absolute Gasteiger partial charge is 0.125 e. The van der Waals surface area contributed by atoms with Crippen LogP contribution in [0.25, 0.3) is 0 Å². The third-order valence-corrected chi connectivity index (χ3v) is 3.58. The first-order valence-electron chi connectivity index (χ1n) is 7.23. The maximum atomic E-state index is 6.22. The quantitative estimate of drug-likeness (QED) is 0.842. The monoisotopic (exact) mass is 305 g/mol. The van der Waals surface area contributed by atoms with E-state index < -0.39 is 0 Å². The molecule has 2 nitrogen and oxygen atoms in total. The van der Waals surface area contributed by atoms with E-state index in [4.69, 9.17) is 10.5 Å². The molecule has 2 unspecified atom stereocenters. The molecule has 0 bridgehead atoms. The number of ether oxygens (including phenoxy) is 1. The molecule has 2 aromatic carbocycles. The lowest BCUT2D eigenvalue weighted by atomic mass is 10.0. The predicted molar refractivity (Wildman–Crippen MR) is 91.1 cm³/mol. The minimum Gasteiger partial charge on any atom is -0.485 e. The molecule has 0 aliphatic rings. The lowest BCUT2D eigenvalue weighted by molar-refractivity contribution is 0.182. The van der Waals surface area contributed by atoms with Crippen molar-refractivity contribution in [2.45, 2.75) is 38.8 Å². The number of rotatable bonds is 6. The Balaban J connectivity index is 0.00000220. The third kappa shape index (κ3) is 5.07. The summed E-state index contributed by atoms with van der Waals surface area (Å²) in [6, 6.07) is 18.6. The van der Waals surface area contributed by atoms with E-state index in [1.807, 2.05) is 36.4 Å². The molecule has 0 spiro atoms. The fourth-order valence-electron chi connectivity index (χ4n) is 2.20.